The van der Waals surface area contributed by atoms with Crippen molar-refractivity contribution in [1.82, 2.24) is 14.9 Å². The number of ether oxygens (including phenoxy) is 2. The summed E-state index contributed by atoms with van der Waals surface area (Å²) >= 11 is 3.49. The molecule has 7 heteroatoms. The molecular formula is C13H15BrN4O2. The molecule has 106 valence electrons. The van der Waals surface area contributed by atoms with Gasteiger partial charge in [0.25, 0.3) is 0 Å². The third kappa shape index (κ3) is 3.57. The van der Waals surface area contributed by atoms with Crippen LogP contribution in [0.25, 0.3) is 0 Å². The second-order valence-electron chi connectivity index (χ2n) is 4.29. The average molecular weight is 339 g/mol. The summed E-state index contributed by atoms with van der Waals surface area (Å²) in [5.41, 5.74) is 0.874. The number of hydrogen-bond acceptors (Lipinski definition) is 5. The number of nitrogens with zero attached hydrogens (tertiary/aromatic N) is 4. The van der Waals surface area contributed by atoms with Gasteiger partial charge in [-0.15, -0.1) is 10.2 Å². The molecule has 6 nitrogen and oxygen atoms in total. The summed E-state index contributed by atoms with van der Waals surface area (Å²) in [6.45, 7) is 3.93. The minimum atomic E-state index is 0.0664. The van der Waals surface area contributed by atoms with Gasteiger partial charge in [-0.1, -0.05) is 0 Å². The summed E-state index contributed by atoms with van der Waals surface area (Å²) in [6.07, 6.45) is 4.78. The van der Waals surface area contributed by atoms with Gasteiger partial charge in [0.1, 0.15) is 12.7 Å². The Morgan fingerprint density at radius 3 is 2.60 bits per heavy atom. The van der Waals surface area contributed by atoms with Crippen LogP contribution in [0.2, 0.25) is 0 Å². The van der Waals surface area contributed by atoms with Crippen molar-refractivity contribution < 1.29 is 9.47 Å². The molecule has 2 rings (SSSR count). The fourth-order valence-electron chi connectivity index (χ4n) is 1.55. The number of rotatable bonds is 5. The average Bonchev–Trinajstić information content (AvgIpc) is 2.91. The van der Waals surface area contributed by atoms with Gasteiger partial charge in [0.05, 0.1) is 23.9 Å². The molecule has 0 N–H and O–H groups in total. The molecule has 1 heterocycles. The third-order valence-electron chi connectivity index (χ3n) is 2.35. The monoisotopic (exact) mass is 338 g/mol. The molecular weight excluding hydrogens is 324 g/mol. The topological polar surface area (TPSA) is 61.5 Å². The van der Waals surface area contributed by atoms with Crippen molar-refractivity contribution in [3.8, 4) is 11.5 Å². The van der Waals surface area contributed by atoms with Crippen LogP contribution in [0.1, 0.15) is 19.4 Å². The zero-order valence-electron chi connectivity index (χ0n) is 11.4. The highest BCUT2D eigenvalue weighted by molar-refractivity contribution is 9.10. The van der Waals surface area contributed by atoms with Gasteiger partial charge in [0, 0.05) is 0 Å². The first kappa shape index (κ1) is 14.5. The summed E-state index contributed by atoms with van der Waals surface area (Å²) in [7, 11) is 1.61. The van der Waals surface area contributed by atoms with E-state index in [0.29, 0.717) is 11.5 Å². The fraction of sp³-hybridized carbons (Fsp3) is 0.308. The Balaban J connectivity index is 2.30. The summed E-state index contributed by atoms with van der Waals surface area (Å²) in [5.74, 6) is 1.34. The summed E-state index contributed by atoms with van der Waals surface area (Å²) in [5, 5.41) is 11.5. The van der Waals surface area contributed by atoms with Crippen LogP contribution in [0.5, 0.6) is 11.5 Å². The molecule has 0 saturated carbocycles. The zero-order chi connectivity index (χ0) is 14.5. The van der Waals surface area contributed by atoms with E-state index in [1.807, 2.05) is 26.0 Å². The van der Waals surface area contributed by atoms with E-state index >= 15 is 0 Å². The summed E-state index contributed by atoms with van der Waals surface area (Å²) < 4.78 is 13.4. The largest absolute Gasteiger partial charge is 0.493 e. The van der Waals surface area contributed by atoms with Crippen LogP contribution < -0.4 is 9.47 Å². The maximum absolute atomic E-state index is 5.73. The van der Waals surface area contributed by atoms with Crippen LogP contribution in [0, 0.1) is 0 Å². The molecule has 20 heavy (non-hydrogen) atoms. The number of halogens is 1. The van der Waals surface area contributed by atoms with Gasteiger partial charge in [-0.05, 0) is 47.5 Å². The van der Waals surface area contributed by atoms with Crippen LogP contribution >= 0.6 is 15.9 Å². The van der Waals surface area contributed by atoms with Crippen LogP contribution in [-0.2, 0) is 0 Å². The van der Waals surface area contributed by atoms with Gasteiger partial charge in [-0.2, -0.15) is 5.10 Å². The predicted octanol–water partition coefficient (Wildman–Crippen LogP) is 2.72. The van der Waals surface area contributed by atoms with Crippen molar-refractivity contribution in [2.45, 2.75) is 20.0 Å². The molecule has 2 aromatic rings. The molecule has 0 atom stereocenters. The van der Waals surface area contributed by atoms with Gasteiger partial charge >= 0.3 is 0 Å². The van der Waals surface area contributed by atoms with Crippen LogP contribution in [0.3, 0.4) is 0 Å². The molecule has 0 saturated heterocycles. The Labute approximate surface area is 125 Å². The third-order valence-corrected chi connectivity index (χ3v) is 2.94. The highest BCUT2D eigenvalue weighted by atomic mass is 79.9. The summed E-state index contributed by atoms with van der Waals surface area (Å²) in [4.78, 5) is 0. The smallest absolute Gasteiger partial charge is 0.175 e. The van der Waals surface area contributed by atoms with Crippen LogP contribution in [0.15, 0.2) is 34.4 Å². The maximum atomic E-state index is 5.73. The Hall–Kier alpha value is -1.89. The minimum absolute atomic E-state index is 0.0664. The lowest BCUT2D eigenvalue weighted by atomic mass is 10.2. The van der Waals surface area contributed by atoms with Gasteiger partial charge in [-0.25, -0.2) is 4.68 Å². The Morgan fingerprint density at radius 2 is 2.00 bits per heavy atom. The lowest BCUT2D eigenvalue weighted by Gasteiger charge is -2.15. The number of methoxy groups -OCH3 is 1. The SMILES string of the molecule is COc1cc(C=Nn2cnnc2)cc(Br)c1OC(C)C. The normalized spacial score (nSPS) is 11.2. The maximum Gasteiger partial charge on any atom is 0.175 e. The van der Waals surface area contributed by atoms with Gasteiger partial charge in [0.2, 0.25) is 0 Å². The fourth-order valence-corrected chi connectivity index (χ4v) is 2.11. The second-order valence-corrected chi connectivity index (χ2v) is 5.14. The Kier molecular flexibility index (Phi) is 4.73. The van der Waals surface area contributed by atoms with Crippen LogP contribution in [0.4, 0.5) is 0 Å². The number of aromatic nitrogens is 3. The number of benzene rings is 1. The minimum Gasteiger partial charge on any atom is -0.493 e. The Bertz CT molecular complexity index is 597. The molecule has 0 aliphatic rings. The van der Waals surface area contributed by atoms with Crippen molar-refractivity contribution >= 4 is 22.1 Å². The highest BCUT2D eigenvalue weighted by Crippen LogP contribution is 2.36. The first-order chi connectivity index (χ1) is 9.60. The van der Waals surface area contributed by atoms with Gasteiger partial charge in [-0.3, -0.25) is 0 Å². The second kappa shape index (κ2) is 6.51. The lowest BCUT2D eigenvalue weighted by molar-refractivity contribution is 0.228. The van der Waals surface area contributed by atoms with Crippen molar-refractivity contribution in [2.75, 3.05) is 7.11 Å². The van der Waals surface area contributed by atoms with Crippen molar-refractivity contribution in [1.29, 1.82) is 0 Å². The standard InChI is InChI=1S/C13H15BrN4O2/c1-9(2)20-13-11(14)4-10(5-12(13)19-3)6-17-18-7-15-16-8-18/h4-9H,1-3H3. The van der Waals surface area contributed by atoms with Gasteiger partial charge < -0.3 is 9.47 Å². The van der Waals surface area contributed by atoms with Crippen molar-refractivity contribution in [3.05, 3.63) is 34.8 Å². The van der Waals surface area contributed by atoms with E-state index < -0.39 is 0 Å². The van der Waals surface area contributed by atoms with E-state index in [1.165, 1.54) is 17.3 Å². The van der Waals surface area contributed by atoms with E-state index in [2.05, 4.69) is 31.2 Å². The zero-order valence-corrected chi connectivity index (χ0v) is 13.0. The van der Waals surface area contributed by atoms with Crippen molar-refractivity contribution in [2.24, 2.45) is 5.10 Å². The molecule has 0 fully saturated rings. The predicted molar refractivity (Wildman–Crippen MR) is 79.5 cm³/mol. The van der Waals surface area contributed by atoms with Crippen molar-refractivity contribution in [3.63, 3.8) is 0 Å². The molecule has 0 aliphatic carbocycles. The summed E-state index contributed by atoms with van der Waals surface area (Å²) in [6, 6.07) is 3.77. The lowest BCUT2D eigenvalue weighted by Crippen LogP contribution is -2.07. The molecule has 1 aromatic heterocycles. The van der Waals surface area contributed by atoms with E-state index in [0.717, 1.165) is 10.0 Å². The van der Waals surface area contributed by atoms with Crippen LogP contribution in [-0.4, -0.2) is 34.3 Å². The molecule has 0 spiro atoms. The van der Waals surface area contributed by atoms with Gasteiger partial charge in [0.15, 0.2) is 11.5 Å². The van der Waals surface area contributed by atoms with E-state index in [-0.39, 0.29) is 6.10 Å². The molecule has 0 unspecified atom stereocenters. The Morgan fingerprint density at radius 1 is 1.30 bits per heavy atom. The van der Waals surface area contributed by atoms with E-state index in [1.54, 1.807) is 13.3 Å². The first-order valence-electron chi connectivity index (χ1n) is 6.03. The molecule has 0 radical (unpaired) electrons. The number of hydrogen-bond donors (Lipinski definition) is 0. The molecule has 0 amide bonds. The quantitative estimate of drug-likeness (QED) is 0.786. The highest BCUT2D eigenvalue weighted by Gasteiger charge is 2.12. The molecule has 1 aromatic carbocycles. The van der Waals surface area contributed by atoms with E-state index in [9.17, 15) is 0 Å². The molecule has 0 bridgehead atoms. The van der Waals surface area contributed by atoms with E-state index in [4.69, 9.17) is 9.47 Å². The molecule has 0 aliphatic heterocycles. The first-order valence-corrected chi connectivity index (χ1v) is 6.82.